The second-order valence-electron chi connectivity index (χ2n) is 6.67. The highest BCUT2D eigenvalue weighted by molar-refractivity contribution is 5.44. The summed E-state index contributed by atoms with van der Waals surface area (Å²) >= 11 is 0. The molecule has 106 valence electrons. The molecular formula is C17H23N3. The highest BCUT2D eigenvalue weighted by Crippen LogP contribution is 2.50. The van der Waals surface area contributed by atoms with Crippen molar-refractivity contribution in [2.24, 2.45) is 11.1 Å². The van der Waals surface area contributed by atoms with Crippen LogP contribution in [0.3, 0.4) is 0 Å². The summed E-state index contributed by atoms with van der Waals surface area (Å²) < 4.78 is 0. The van der Waals surface area contributed by atoms with Crippen LogP contribution >= 0.6 is 0 Å². The van der Waals surface area contributed by atoms with Gasteiger partial charge in [-0.25, -0.2) is 0 Å². The number of nitrogens with two attached hydrogens (primary N) is 1. The summed E-state index contributed by atoms with van der Waals surface area (Å²) in [4.78, 5) is 2.54. The smallest absolute Gasteiger partial charge is 0.0991 e. The molecule has 3 nitrogen and oxygen atoms in total. The monoisotopic (exact) mass is 269 g/mol. The molecule has 1 fully saturated rings. The van der Waals surface area contributed by atoms with E-state index in [2.05, 4.69) is 30.9 Å². The summed E-state index contributed by atoms with van der Waals surface area (Å²) in [6.45, 7) is 6.82. The van der Waals surface area contributed by atoms with Gasteiger partial charge >= 0.3 is 0 Å². The van der Waals surface area contributed by atoms with Crippen LogP contribution in [0.15, 0.2) is 18.2 Å². The number of piperidine rings is 1. The van der Waals surface area contributed by atoms with Gasteiger partial charge in [0.2, 0.25) is 0 Å². The zero-order chi connectivity index (χ0) is 14.3. The van der Waals surface area contributed by atoms with Crippen LogP contribution in [0.4, 0.5) is 0 Å². The maximum atomic E-state index is 9.04. The van der Waals surface area contributed by atoms with Crippen molar-refractivity contribution < 1.29 is 0 Å². The number of rotatable bonds is 1. The van der Waals surface area contributed by atoms with Crippen molar-refractivity contribution in [3.63, 3.8) is 0 Å². The maximum absolute atomic E-state index is 9.04. The van der Waals surface area contributed by atoms with Gasteiger partial charge in [-0.3, -0.25) is 0 Å². The zero-order valence-corrected chi connectivity index (χ0v) is 12.4. The molecule has 0 amide bonds. The summed E-state index contributed by atoms with van der Waals surface area (Å²) in [6, 6.07) is 9.01. The van der Waals surface area contributed by atoms with Crippen molar-refractivity contribution in [2.45, 2.75) is 45.2 Å². The molecule has 1 atom stereocenters. The quantitative estimate of drug-likeness (QED) is 0.852. The lowest BCUT2D eigenvalue weighted by Gasteiger charge is -2.43. The molecule has 1 saturated heterocycles. The largest absolute Gasteiger partial charge is 0.323 e. The Morgan fingerprint density at radius 2 is 2.05 bits per heavy atom. The molecule has 0 aromatic heterocycles. The van der Waals surface area contributed by atoms with Gasteiger partial charge in [-0.05, 0) is 74.9 Å². The highest BCUT2D eigenvalue weighted by atomic mass is 15.2. The van der Waals surface area contributed by atoms with Crippen LogP contribution in [0.1, 0.15) is 49.4 Å². The van der Waals surface area contributed by atoms with Crippen molar-refractivity contribution in [1.82, 2.24) is 4.90 Å². The molecule has 1 spiro atoms. The second kappa shape index (κ2) is 4.87. The molecule has 0 saturated carbocycles. The Kier molecular flexibility index (Phi) is 3.32. The minimum atomic E-state index is 0.138. The van der Waals surface area contributed by atoms with Gasteiger partial charge in [-0.15, -0.1) is 0 Å². The van der Waals surface area contributed by atoms with Crippen LogP contribution in [-0.2, 0) is 6.42 Å². The fourth-order valence-corrected chi connectivity index (χ4v) is 3.92. The molecule has 0 unspecified atom stereocenters. The molecule has 1 aromatic carbocycles. The van der Waals surface area contributed by atoms with Crippen molar-refractivity contribution in [2.75, 3.05) is 13.1 Å². The first-order chi connectivity index (χ1) is 9.55. The molecule has 20 heavy (non-hydrogen) atoms. The van der Waals surface area contributed by atoms with E-state index in [-0.39, 0.29) is 11.5 Å². The molecule has 3 heteroatoms. The van der Waals surface area contributed by atoms with Gasteiger partial charge in [-0.1, -0.05) is 6.07 Å². The Morgan fingerprint density at radius 3 is 2.65 bits per heavy atom. The Labute approximate surface area is 121 Å². The van der Waals surface area contributed by atoms with E-state index in [0.29, 0.717) is 6.04 Å². The minimum absolute atomic E-state index is 0.138. The van der Waals surface area contributed by atoms with E-state index < -0.39 is 0 Å². The van der Waals surface area contributed by atoms with Crippen LogP contribution in [0.2, 0.25) is 0 Å². The summed E-state index contributed by atoms with van der Waals surface area (Å²) in [6.07, 6.45) is 3.39. The number of hydrogen-bond acceptors (Lipinski definition) is 3. The minimum Gasteiger partial charge on any atom is -0.323 e. The van der Waals surface area contributed by atoms with E-state index in [1.54, 1.807) is 0 Å². The standard InChI is InChI=1S/C17H23N3/c1-12(2)20-7-5-17(6-8-20)10-14-9-13(11-18)3-4-15(14)16(17)19/h3-4,9,12,16H,5-8,10,19H2,1-2H3/t16-/m1/s1. The maximum Gasteiger partial charge on any atom is 0.0991 e. The molecule has 1 aromatic rings. The average Bonchev–Trinajstić information content (AvgIpc) is 2.71. The molecule has 1 aliphatic heterocycles. The number of hydrogen-bond donors (Lipinski definition) is 1. The third-order valence-electron chi connectivity index (χ3n) is 5.33. The summed E-state index contributed by atoms with van der Waals surface area (Å²) in [5.74, 6) is 0. The highest BCUT2D eigenvalue weighted by Gasteiger charge is 2.46. The van der Waals surface area contributed by atoms with E-state index >= 15 is 0 Å². The van der Waals surface area contributed by atoms with Crippen molar-refractivity contribution in [3.8, 4) is 6.07 Å². The van der Waals surface area contributed by atoms with Crippen LogP contribution in [0.5, 0.6) is 0 Å². The van der Waals surface area contributed by atoms with Crippen molar-refractivity contribution >= 4 is 0 Å². The van der Waals surface area contributed by atoms with Gasteiger partial charge in [0.25, 0.3) is 0 Å². The molecule has 3 rings (SSSR count). The summed E-state index contributed by atoms with van der Waals surface area (Å²) in [7, 11) is 0. The molecule has 1 heterocycles. The van der Waals surface area contributed by atoms with E-state index in [4.69, 9.17) is 11.0 Å². The van der Waals surface area contributed by atoms with Gasteiger partial charge in [0.15, 0.2) is 0 Å². The van der Waals surface area contributed by atoms with Crippen molar-refractivity contribution in [3.05, 3.63) is 34.9 Å². The SMILES string of the molecule is CC(C)N1CCC2(CC1)Cc1cc(C#N)ccc1[C@H]2N. The predicted octanol–water partition coefficient (Wildman–Crippen LogP) is 2.60. The lowest BCUT2D eigenvalue weighted by molar-refractivity contribution is 0.0710. The molecule has 0 radical (unpaired) electrons. The van der Waals surface area contributed by atoms with E-state index in [1.807, 2.05) is 12.1 Å². The topological polar surface area (TPSA) is 53.0 Å². The average molecular weight is 269 g/mol. The lowest BCUT2D eigenvalue weighted by Crippen LogP contribution is -2.46. The van der Waals surface area contributed by atoms with Gasteiger partial charge in [0.05, 0.1) is 11.6 Å². The molecule has 1 aliphatic carbocycles. The Balaban J connectivity index is 1.83. The Hall–Kier alpha value is -1.37. The van der Waals surface area contributed by atoms with Crippen LogP contribution < -0.4 is 5.73 Å². The fourth-order valence-electron chi connectivity index (χ4n) is 3.92. The van der Waals surface area contributed by atoms with E-state index in [0.717, 1.165) is 25.1 Å². The Morgan fingerprint density at radius 1 is 1.35 bits per heavy atom. The molecule has 2 N–H and O–H groups in total. The van der Waals surface area contributed by atoms with E-state index in [9.17, 15) is 0 Å². The van der Waals surface area contributed by atoms with Gasteiger partial charge in [0.1, 0.15) is 0 Å². The second-order valence-corrected chi connectivity index (χ2v) is 6.67. The molecular weight excluding hydrogens is 246 g/mol. The van der Waals surface area contributed by atoms with Gasteiger partial charge < -0.3 is 10.6 Å². The first kappa shape index (κ1) is 13.6. The zero-order valence-electron chi connectivity index (χ0n) is 12.4. The molecule has 2 aliphatic rings. The number of benzene rings is 1. The first-order valence-electron chi connectivity index (χ1n) is 7.58. The van der Waals surface area contributed by atoms with Gasteiger partial charge in [0, 0.05) is 12.1 Å². The number of nitriles is 1. The first-order valence-corrected chi connectivity index (χ1v) is 7.58. The number of fused-ring (bicyclic) bond motifs is 1. The van der Waals surface area contributed by atoms with Crippen LogP contribution in [0.25, 0.3) is 0 Å². The Bertz CT molecular complexity index is 548. The van der Waals surface area contributed by atoms with Crippen LogP contribution in [0, 0.1) is 16.7 Å². The van der Waals surface area contributed by atoms with Crippen molar-refractivity contribution in [1.29, 1.82) is 5.26 Å². The normalized spacial score (nSPS) is 24.9. The third kappa shape index (κ3) is 2.04. The molecule has 0 bridgehead atoms. The lowest BCUT2D eigenvalue weighted by atomic mass is 9.73. The van der Waals surface area contributed by atoms with E-state index in [1.165, 1.54) is 24.0 Å². The number of nitrogens with zero attached hydrogens (tertiary/aromatic N) is 2. The number of likely N-dealkylation sites (tertiary alicyclic amines) is 1. The fraction of sp³-hybridized carbons (Fsp3) is 0.588. The predicted molar refractivity (Wildman–Crippen MR) is 80.2 cm³/mol. The van der Waals surface area contributed by atoms with Gasteiger partial charge in [-0.2, -0.15) is 5.26 Å². The summed E-state index contributed by atoms with van der Waals surface area (Å²) in [5, 5.41) is 9.04. The van der Waals surface area contributed by atoms with Crippen LogP contribution in [-0.4, -0.2) is 24.0 Å². The third-order valence-corrected chi connectivity index (χ3v) is 5.33. The summed E-state index contributed by atoms with van der Waals surface area (Å²) in [5.41, 5.74) is 10.1.